The number of aliphatic hydroxyl groups excluding tert-OH is 3. The molecule has 0 fully saturated rings. The Morgan fingerprint density at radius 3 is 2.00 bits per heavy atom. The van der Waals surface area contributed by atoms with Gasteiger partial charge in [0.05, 0.1) is 0 Å². The smallest absolute Gasteiger partial charge is 0.386 e. The van der Waals surface area contributed by atoms with Crippen molar-refractivity contribution >= 4 is 12.3 Å². The zero-order valence-corrected chi connectivity index (χ0v) is 5.30. The second-order valence-corrected chi connectivity index (χ2v) is 1.82. The molecule has 0 aliphatic carbocycles. The molecule has 0 bridgehead atoms. The van der Waals surface area contributed by atoms with Gasteiger partial charge < -0.3 is 15.3 Å². The van der Waals surface area contributed by atoms with E-state index < -0.39 is 24.3 Å². The van der Waals surface area contributed by atoms with Gasteiger partial charge in [-0.1, -0.05) is 0 Å². The van der Waals surface area contributed by atoms with Crippen molar-refractivity contribution < 1.29 is 30.0 Å². The fourth-order valence-corrected chi connectivity index (χ4v) is 0.382. The summed E-state index contributed by atoms with van der Waals surface area (Å²) in [5.74, 6) is -1.97. The molecule has 0 rings (SSSR count). The first-order valence-corrected chi connectivity index (χ1v) is 2.63. The molecular formula is C5H6O6. The van der Waals surface area contributed by atoms with E-state index in [0.29, 0.717) is 0 Å². The second kappa shape index (κ2) is 4.02. The van der Waals surface area contributed by atoms with Crippen molar-refractivity contribution in [2.24, 2.45) is 0 Å². The third-order valence-electron chi connectivity index (χ3n) is 1.01. The van der Waals surface area contributed by atoms with E-state index >= 15 is 0 Å². The number of hydrogen-bond donors (Lipinski definition) is 3. The SMILES string of the molecule is [O]C(=O)C(O)C(O)C(O)[C]=O. The van der Waals surface area contributed by atoms with E-state index in [9.17, 15) is 14.7 Å². The van der Waals surface area contributed by atoms with Gasteiger partial charge in [0.2, 0.25) is 6.29 Å². The Morgan fingerprint density at radius 1 is 1.27 bits per heavy atom. The maximum atomic E-state index is 9.80. The van der Waals surface area contributed by atoms with Crippen LogP contribution in [0, 0.1) is 0 Å². The molecule has 0 saturated carbocycles. The van der Waals surface area contributed by atoms with Crippen LogP contribution in [0.2, 0.25) is 0 Å². The number of rotatable bonds is 4. The summed E-state index contributed by atoms with van der Waals surface area (Å²) in [4.78, 5) is 19.4. The number of carbonyl (C=O) groups excluding carboxylic acids is 2. The molecule has 0 heterocycles. The number of aliphatic hydroxyl groups is 3. The Labute approximate surface area is 61.7 Å². The minimum absolute atomic E-state index is 0.905. The van der Waals surface area contributed by atoms with Gasteiger partial charge in [-0.3, -0.25) is 4.79 Å². The molecule has 0 aliphatic rings. The Kier molecular flexibility index (Phi) is 3.66. The van der Waals surface area contributed by atoms with Gasteiger partial charge in [-0.2, -0.15) is 0 Å². The van der Waals surface area contributed by atoms with Crippen LogP contribution in [0.3, 0.4) is 0 Å². The average Bonchev–Trinajstić information content (AvgIpc) is 2.00. The first-order valence-electron chi connectivity index (χ1n) is 2.63. The van der Waals surface area contributed by atoms with Crippen LogP contribution in [-0.4, -0.2) is 45.9 Å². The summed E-state index contributed by atoms with van der Waals surface area (Å²) >= 11 is 0. The Hall–Kier alpha value is -0.980. The molecule has 3 unspecified atom stereocenters. The van der Waals surface area contributed by atoms with Crippen molar-refractivity contribution in [1.82, 2.24) is 0 Å². The predicted octanol–water partition coefficient (Wildman–Crippen LogP) is -2.86. The Balaban J connectivity index is 4.11. The number of carbonyl (C=O) groups is 1. The van der Waals surface area contributed by atoms with Crippen LogP contribution < -0.4 is 0 Å². The molecule has 62 valence electrons. The minimum atomic E-state index is -2.29. The quantitative estimate of drug-likeness (QED) is 0.411. The second-order valence-electron chi connectivity index (χ2n) is 1.82. The topological polar surface area (TPSA) is 115 Å². The molecule has 0 aromatic carbocycles. The molecule has 11 heavy (non-hydrogen) atoms. The van der Waals surface area contributed by atoms with Crippen LogP contribution in [0.15, 0.2) is 0 Å². The van der Waals surface area contributed by atoms with Crippen molar-refractivity contribution in [2.45, 2.75) is 18.3 Å². The fraction of sp³-hybridized carbons (Fsp3) is 0.600. The summed E-state index contributed by atoms with van der Waals surface area (Å²) in [6.07, 6.45) is -5.52. The average molecular weight is 162 g/mol. The maximum absolute atomic E-state index is 9.80. The van der Waals surface area contributed by atoms with Gasteiger partial charge in [0.15, 0.2) is 6.10 Å². The first kappa shape index (κ1) is 10.0. The summed E-state index contributed by atoms with van der Waals surface area (Å²) in [6.45, 7) is 0. The minimum Gasteiger partial charge on any atom is -0.387 e. The molecule has 3 atom stereocenters. The van der Waals surface area contributed by atoms with E-state index in [-0.39, 0.29) is 0 Å². The lowest BCUT2D eigenvalue weighted by Crippen LogP contribution is -2.42. The molecule has 6 nitrogen and oxygen atoms in total. The predicted molar refractivity (Wildman–Crippen MR) is 29.4 cm³/mol. The van der Waals surface area contributed by atoms with Gasteiger partial charge in [-0.15, -0.1) is 0 Å². The van der Waals surface area contributed by atoms with Crippen molar-refractivity contribution in [3.8, 4) is 0 Å². The zero-order chi connectivity index (χ0) is 9.02. The highest BCUT2D eigenvalue weighted by Gasteiger charge is 2.31. The summed E-state index contributed by atoms with van der Waals surface area (Å²) in [5, 5.41) is 35.2. The van der Waals surface area contributed by atoms with Crippen LogP contribution in [0.25, 0.3) is 0 Å². The molecule has 0 saturated heterocycles. The molecule has 6 heteroatoms. The summed E-state index contributed by atoms with van der Waals surface area (Å²) in [6, 6.07) is 0. The van der Waals surface area contributed by atoms with Crippen LogP contribution in [0.1, 0.15) is 0 Å². The van der Waals surface area contributed by atoms with E-state index in [1.807, 2.05) is 0 Å². The van der Waals surface area contributed by atoms with Crippen LogP contribution in [0.4, 0.5) is 0 Å². The molecule has 3 N–H and O–H groups in total. The molecule has 0 aromatic heterocycles. The van der Waals surface area contributed by atoms with Gasteiger partial charge in [-0.05, 0) is 0 Å². The Bertz CT molecular complexity index is 155. The largest absolute Gasteiger partial charge is 0.387 e. The molecular weight excluding hydrogens is 156 g/mol. The first-order chi connectivity index (χ1) is 5.00. The zero-order valence-electron chi connectivity index (χ0n) is 5.30. The molecule has 0 aliphatic heterocycles. The third kappa shape index (κ3) is 2.62. The van der Waals surface area contributed by atoms with E-state index in [4.69, 9.17) is 15.3 Å². The van der Waals surface area contributed by atoms with Gasteiger partial charge in [0.25, 0.3) is 0 Å². The van der Waals surface area contributed by atoms with Crippen molar-refractivity contribution in [3.63, 3.8) is 0 Å². The van der Waals surface area contributed by atoms with Gasteiger partial charge in [-0.25, -0.2) is 9.90 Å². The van der Waals surface area contributed by atoms with E-state index in [1.165, 1.54) is 0 Å². The van der Waals surface area contributed by atoms with Crippen molar-refractivity contribution in [1.29, 1.82) is 0 Å². The fourth-order valence-electron chi connectivity index (χ4n) is 0.382. The Morgan fingerprint density at radius 2 is 1.73 bits per heavy atom. The van der Waals surface area contributed by atoms with Gasteiger partial charge >= 0.3 is 5.97 Å². The molecule has 0 amide bonds. The van der Waals surface area contributed by atoms with Crippen LogP contribution in [0.5, 0.6) is 0 Å². The van der Waals surface area contributed by atoms with E-state index in [1.54, 1.807) is 0 Å². The van der Waals surface area contributed by atoms with Crippen LogP contribution >= 0.6 is 0 Å². The maximum Gasteiger partial charge on any atom is 0.386 e. The van der Waals surface area contributed by atoms with Gasteiger partial charge in [0, 0.05) is 0 Å². The standard InChI is InChI=1S/C5H6O6/c6-1-2(7)3(8)4(9)5(10)11/h2-4,7-9H. The van der Waals surface area contributed by atoms with Gasteiger partial charge in [0.1, 0.15) is 12.2 Å². The van der Waals surface area contributed by atoms with Crippen LogP contribution in [-0.2, 0) is 14.7 Å². The molecule has 0 spiro atoms. The van der Waals surface area contributed by atoms with Crippen molar-refractivity contribution in [2.75, 3.05) is 0 Å². The lowest BCUT2D eigenvalue weighted by atomic mass is 10.1. The highest BCUT2D eigenvalue weighted by atomic mass is 16.4. The molecule has 2 radical (unpaired) electrons. The summed E-state index contributed by atoms with van der Waals surface area (Å²) < 4.78 is 0. The monoisotopic (exact) mass is 162 g/mol. The lowest BCUT2D eigenvalue weighted by molar-refractivity contribution is -0.162. The highest BCUT2D eigenvalue weighted by Crippen LogP contribution is 1.98. The lowest BCUT2D eigenvalue weighted by Gasteiger charge is -2.13. The summed E-state index contributed by atoms with van der Waals surface area (Å²) in [5.41, 5.74) is 0. The highest BCUT2D eigenvalue weighted by molar-refractivity contribution is 5.73. The summed E-state index contributed by atoms with van der Waals surface area (Å²) in [7, 11) is 0. The third-order valence-corrected chi connectivity index (χ3v) is 1.01. The number of hydrogen-bond acceptors (Lipinski definition) is 5. The van der Waals surface area contributed by atoms with E-state index in [0.717, 1.165) is 6.29 Å². The molecule has 0 aromatic rings. The normalized spacial score (nSPS) is 18.5. The van der Waals surface area contributed by atoms with E-state index in [2.05, 4.69) is 0 Å². The van der Waals surface area contributed by atoms with Crippen molar-refractivity contribution in [3.05, 3.63) is 0 Å².